The van der Waals surface area contributed by atoms with Crippen LogP contribution in [0.3, 0.4) is 0 Å². The molecule has 35 heavy (non-hydrogen) atoms. The molecular formula is C27H28N6O2. The van der Waals surface area contributed by atoms with E-state index in [0.29, 0.717) is 36.0 Å². The van der Waals surface area contributed by atoms with Crippen LogP contribution < -0.4 is 10.9 Å². The quantitative estimate of drug-likeness (QED) is 0.377. The Balaban J connectivity index is 1.41. The van der Waals surface area contributed by atoms with Gasteiger partial charge in [-0.25, -0.2) is 9.36 Å². The Morgan fingerprint density at radius 2 is 1.80 bits per heavy atom. The van der Waals surface area contributed by atoms with Crippen LogP contribution in [0, 0.1) is 13.8 Å². The largest absolute Gasteiger partial charge is 0.361 e. The molecule has 0 radical (unpaired) electrons. The van der Waals surface area contributed by atoms with E-state index < -0.39 is 6.04 Å². The molecule has 5 rings (SSSR count). The molecule has 1 atom stereocenters. The molecule has 0 bridgehead atoms. The predicted octanol–water partition coefficient (Wildman–Crippen LogP) is 3.99. The Hall–Kier alpha value is -4.20. The molecule has 0 aliphatic carbocycles. The zero-order valence-electron chi connectivity index (χ0n) is 20.1. The fourth-order valence-corrected chi connectivity index (χ4v) is 4.66. The van der Waals surface area contributed by atoms with Gasteiger partial charge in [-0.15, -0.1) is 0 Å². The predicted molar refractivity (Wildman–Crippen MR) is 137 cm³/mol. The fraction of sp³-hybridized carbons (Fsp3) is 0.259. The van der Waals surface area contributed by atoms with E-state index in [2.05, 4.69) is 26.6 Å². The number of aromatic nitrogens is 5. The number of benzene rings is 2. The number of hydrogen-bond donors (Lipinski definition) is 2. The van der Waals surface area contributed by atoms with Gasteiger partial charge in [-0.3, -0.25) is 9.59 Å². The molecule has 1 amide bonds. The number of H-pyrrole nitrogens is 1. The lowest BCUT2D eigenvalue weighted by atomic mass is 10.1. The maximum Gasteiger partial charge on any atom is 0.278 e. The number of nitrogens with zero attached hydrogens (tertiary/aromatic N) is 4. The SMILES string of the molecule is CC[C@@H](C(=O)NCCc1c[nH]c2ccccc12)n1nc(C)c2nn(-c3ccccc3)c(C)c2c1=O. The second-order valence-corrected chi connectivity index (χ2v) is 8.72. The highest BCUT2D eigenvalue weighted by atomic mass is 16.2. The average Bonchev–Trinajstić information content (AvgIpc) is 3.45. The Bertz CT molecular complexity index is 1580. The molecule has 0 spiro atoms. The van der Waals surface area contributed by atoms with Gasteiger partial charge < -0.3 is 10.3 Å². The van der Waals surface area contributed by atoms with Crippen LogP contribution in [0.25, 0.3) is 27.5 Å². The maximum atomic E-state index is 13.5. The second kappa shape index (κ2) is 9.21. The van der Waals surface area contributed by atoms with Crippen molar-refractivity contribution in [3.05, 3.63) is 88.1 Å². The van der Waals surface area contributed by atoms with E-state index in [-0.39, 0.29) is 11.5 Å². The third-order valence-electron chi connectivity index (χ3n) is 6.49. The van der Waals surface area contributed by atoms with Crippen LogP contribution in [0.1, 0.15) is 36.3 Å². The van der Waals surface area contributed by atoms with E-state index in [4.69, 9.17) is 0 Å². The number of amides is 1. The topological polar surface area (TPSA) is 97.6 Å². The zero-order valence-corrected chi connectivity index (χ0v) is 20.1. The van der Waals surface area contributed by atoms with Gasteiger partial charge in [0.1, 0.15) is 11.6 Å². The third-order valence-corrected chi connectivity index (χ3v) is 6.49. The van der Waals surface area contributed by atoms with Crippen LogP contribution >= 0.6 is 0 Å². The minimum absolute atomic E-state index is 0.214. The van der Waals surface area contributed by atoms with Crippen LogP contribution in [0.5, 0.6) is 0 Å². The number of hydrogen-bond acceptors (Lipinski definition) is 4. The molecule has 3 aromatic heterocycles. The van der Waals surface area contributed by atoms with Gasteiger partial charge >= 0.3 is 0 Å². The van der Waals surface area contributed by atoms with E-state index in [0.717, 1.165) is 27.8 Å². The van der Waals surface area contributed by atoms with Gasteiger partial charge in [-0.2, -0.15) is 10.2 Å². The Morgan fingerprint density at radius 3 is 2.57 bits per heavy atom. The van der Waals surface area contributed by atoms with E-state index in [1.807, 2.05) is 75.5 Å². The maximum absolute atomic E-state index is 13.5. The molecule has 3 heterocycles. The first-order valence-corrected chi connectivity index (χ1v) is 11.9. The molecule has 178 valence electrons. The van der Waals surface area contributed by atoms with Crippen molar-refractivity contribution in [1.29, 1.82) is 0 Å². The molecule has 5 aromatic rings. The third kappa shape index (κ3) is 4.01. The van der Waals surface area contributed by atoms with E-state index in [1.165, 1.54) is 4.68 Å². The van der Waals surface area contributed by atoms with Crippen molar-refractivity contribution in [1.82, 2.24) is 29.9 Å². The van der Waals surface area contributed by atoms with Gasteiger partial charge in [-0.05, 0) is 50.5 Å². The molecule has 2 aromatic carbocycles. The van der Waals surface area contributed by atoms with Gasteiger partial charge in [0.2, 0.25) is 5.91 Å². The molecular weight excluding hydrogens is 440 g/mol. The number of carbonyl (C=O) groups excluding carboxylic acids is 1. The van der Waals surface area contributed by atoms with Crippen LogP contribution in [0.15, 0.2) is 65.6 Å². The molecule has 0 saturated heterocycles. The standard InChI is InChI=1S/C27H28N6O2/c1-4-23(26(34)28-15-14-19-16-29-22-13-9-8-12-21(19)22)33-27(35)24-18(3)32(20-10-6-5-7-11-20)31-25(24)17(2)30-33/h5-13,16,23,29H,4,14-15H2,1-3H3,(H,28,34)/t23-/m0/s1. The lowest BCUT2D eigenvalue weighted by molar-refractivity contribution is -0.124. The first-order chi connectivity index (χ1) is 17.0. The first kappa shape index (κ1) is 22.6. The highest BCUT2D eigenvalue weighted by molar-refractivity contribution is 5.85. The molecule has 0 aliphatic heterocycles. The number of carbonyl (C=O) groups is 1. The Morgan fingerprint density at radius 1 is 1.06 bits per heavy atom. The van der Waals surface area contributed by atoms with Crippen LogP contribution in [-0.4, -0.2) is 37.0 Å². The smallest absolute Gasteiger partial charge is 0.278 e. The van der Waals surface area contributed by atoms with Crippen molar-refractivity contribution in [2.24, 2.45) is 0 Å². The summed E-state index contributed by atoms with van der Waals surface area (Å²) in [6.45, 7) is 6.05. The molecule has 8 heteroatoms. The van der Waals surface area contributed by atoms with Crippen LogP contribution in [0.2, 0.25) is 0 Å². The monoisotopic (exact) mass is 468 g/mol. The van der Waals surface area contributed by atoms with Crippen LogP contribution in [0.4, 0.5) is 0 Å². The molecule has 2 N–H and O–H groups in total. The molecule has 8 nitrogen and oxygen atoms in total. The first-order valence-electron chi connectivity index (χ1n) is 11.9. The summed E-state index contributed by atoms with van der Waals surface area (Å²) in [6, 6.07) is 17.1. The molecule has 0 unspecified atom stereocenters. The normalized spacial score (nSPS) is 12.3. The number of fused-ring (bicyclic) bond motifs is 2. The lowest BCUT2D eigenvalue weighted by Gasteiger charge is -2.17. The van der Waals surface area contributed by atoms with Crippen molar-refractivity contribution < 1.29 is 4.79 Å². The van der Waals surface area contributed by atoms with Crippen molar-refractivity contribution in [3.8, 4) is 5.69 Å². The highest BCUT2D eigenvalue weighted by Gasteiger charge is 2.25. The summed E-state index contributed by atoms with van der Waals surface area (Å²) in [5.41, 5.74) is 4.68. The number of aryl methyl sites for hydroxylation is 2. The Labute approximate surface area is 202 Å². The average molecular weight is 469 g/mol. The minimum atomic E-state index is -0.701. The van der Waals surface area contributed by atoms with Crippen LogP contribution in [-0.2, 0) is 11.2 Å². The van der Waals surface area contributed by atoms with Gasteiger partial charge in [0, 0.05) is 23.6 Å². The van der Waals surface area contributed by atoms with Crippen molar-refractivity contribution in [3.63, 3.8) is 0 Å². The lowest BCUT2D eigenvalue weighted by Crippen LogP contribution is -2.39. The van der Waals surface area contributed by atoms with E-state index in [9.17, 15) is 9.59 Å². The summed E-state index contributed by atoms with van der Waals surface area (Å²) >= 11 is 0. The summed E-state index contributed by atoms with van der Waals surface area (Å²) in [7, 11) is 0. The number of para-hydroxylation sites is 2. The van der Waals surface area contributed by atoms with Gasteiger partial charge in [0.15, 0.2) is 0 Å². The van der Waals surface area contributed by atoms with Gasteiger partial charge in [0.05, 0.1) is 22.5 Å². The van der Waals surface area contributed by atoms with Gasteiger partial charge in [-0.1, -0.05) is 43.3 Å². The summed E-state index contributed by atoms with van der Waals surface area (Å²) < 4.78 is 3.08. The summed E-state index contributed by atoms with van der Waals surface area (Å²) in [5, 5.41) is 13.8. The summed E-state index contributed by atoms with van der Waals surface area (Å²) in [6.07, 6.45) is 3.11. The molecule has 0 aliphatic rings. The minimum Gasteiger partial charge on any atom is -0.361 e. The Kier molecular flexibility index (Phi) is 5.94. The van der Waals surface area contributed by atoms with Crippen molar-refractivity contribution >= 4 is 27.7 Å². The highest BCUT2D eigenvalue weighted by Crippen LogP contribution is 2.22. The zero-order chi connectivity index (χ0) is 24.5. The number of rotatable bonds is 7. The summed E-state index contributed by atoms with van der Waals surface area (Å²) in [5.74, 6) is -0.214. The van der Waals surface area contributed by atoms with Crippen molar-refractivity contribution in [2.45, 2.75) is 39.7 Å². The van der Waals surface area contributed by atoms with Crippen molar-refractivity contribution in [2.75, 3.05) is 6.54 Å². The van der Waals surface area contributed by atoms with Gasteiger partial charge in [0.25, 0.3) is 5.56 Å². The number of aromatic amines is 1. The fourth-order valence-electron chi connectivity index (χ4n) is 4.66. The second-order valence-electron chi connectivity index (χ2n) is 8.72. The van der Waals surface area contributed by atoms with E-state index in [1.54, 1.807) is 4.68 Å². The molecule has 0 saturated carbocycles. The number of nitrogens with one attached hydrogen (secondary N) is 2. The van der Waals surface area contributed by atoms with E-state index >= 15 is 0 Å². The summed E-state index contributed by atoms with van der Waals surface area (Å²) in [4.78, 5) is 29.9. The molecule has 0 fully saturated rings.